The minimum absolute atomic E-state index is 0.0543. The van der Waals surface area contributed by atoms with Crippen LogP contribution in [0.4, 0.5) is 0 Å². The van der Waals surface area contributed by atoms with Crippen molar-refractivity contribution in [3.8, 4) is 0 Å². The van der Waals surface area contributed by atoms with E-state index in [1.165, 1.54) is 18.4 Å². The zero-order valence-electron chi connectivity index (χ0n) is 15.7. The zero-order chi connectivity index (χ0) is 19.1. The molecule has 1 saturated carbocycles. The fraction of sp³-hybridized carbons (Fsp3) is 0.429. The van der Waals surface area contributed by atoms with Crippen molar-refractivity contribution in [2.24, 2.45) is 4.99 Å². The van der Waals surface area contributed by atoms with Crippen LogP contribution in [-0.4, -0.2) is 30.7 Å². The third-order valence-electron chi connectivity index (χ3n) is 5.13. The van der Waals surface area contributed by atoms with E-state index in [1.807, 2.05) is 24.4 Å². The second-order valence-corrected chi connectivity index (χ2v) is 7.52. The molecular formula is C21H27ClN4O. The molecule has 2 aromatic rings. The molecule has 27 heavy (non-hydrogen) atoms. The lowest BCUT2D eigenvalue weighted by Crippen LogP contribution is -2.41. The highest BCUT2D eigenvalue weighted by atomic mass is 35.5. The Balaban J connectivity index is 1.40. The van der Waals surface area contributed by atoms with Gasteiger partial charge in [0.1, 0.15) is 0 Å². The topological polar surface area (TPSA) is 58.4 Å². The van der Waals surface area contributed by atoms with Crippen LogP contribution in [0.2, 0.25) is 5.02 Å². The molecule has 0 spiro atoms. The van der Waals surface area contributed by atoms with Crippen LogP contribution in [0.5, 0.6) is 0 Å². The van der Waals surface area contributed by atoms with Gasteiger partial charge < -0.3 is 15.2 Å². The Hall–Kier alpha value is -2.27. The summed E-state index contributed by atoms with van der Waals surface area (Å²) < 4.78 is 1.74. The molecule has 0 unspecified atom stereocenters. The summed E-state index contributed by atoms with van der Waals surface area (Å²) in [6.07, 6.45) is 6.09. The van der Waals surface area contributed by atoms with Crippen molar-refractivity contribution in [1.29, 1.82) is 0 Å². The average molecular weight is 387 g/mol. The van der Waals surface area contributed by atoms with Gasteiger partial charge in [-0.3, -0.25) is 9.79 Å². The maximum Gasteiger partial charge on any atom is 0.250 e. The lowest BCUT2D eigenvalue weighted by atomic mass is 9.96. The SMILES string of the molecule is CN=C(NCCCCn1ccccc1=O)NCC1(c2cccc(Cl)c2)CC1. The van der Waals surface area contributed by atoms with Gasteiger partial charge in [-0.25, -0.2) is 0 Å². The quantitative estimate of drug-likeness (QED) is 0.416. The van der Waals surface area contributed by atoms with E-state index in [0.717, 1.165) is 43.5 Å². The van der Waals surface area contributed by atoms with E-state index in [-0.39, 0.29) is 11.0 Å². The largest absolute Gasteiger partial charge is 0.356 e. The Bertz CT molecular complexity index is 842. The number of rotatable bonds is 8. The van der Waals surface area contributed by atoms with Crippen molar-refractivity contribution in [1.82, 2.24) is 15.2 Å². The molecule has 0 aliphatic heterocycles. The highest BCUT2D eigenvalue weighted by Gasteiger charge is 2.44. The van der Waals surface area contributed by atoms with E-state index < -0.39 is 0 Å². The Morgan fingerprint density at radius 3 is 2.74 bits per heavy atom. The van der Waals surface area contributed by atoms with E-state index in [1.54, 1.807) is 23.7 Å². The second-order valence-electron chi connectivity index (χ2n) is 7.08. The first-order chi connectivity index (χ1) is 13.1. The third-order valence-corrected chi connectivity index (χ3v) is 5.36. The van der Waals surface area contributed by atoms with Gasteiger partial charge in [0.25, 0.3) is 0 Å². The molecule has 5 nitrogen and oxygen atoms in total. The summed E-state index contributed by atoms with van der Waals surface area (Å²) in [6, 6.07) is 13.4. The third kappa shape index (κ3) is 5.36. The summed E-state index contributed by atoms with van der Waals surface area (Å²) in [7, 11) is 1.79. The summed E-state index contributed by atoms with van der Waals surface area (Å²) in [5.41, 5.74) is 1.53. The molecule has 0 amide bonds. The zero-order valence-corrected chi connectivity index (χ0v) is 16.5. The molecule has 1 fully saturated rings. The molecule has 2 N–H and O–H groups in total. The number of unbranched alkanes of at least 4 members (excludes halogenated alkanes) is 1. The van der Waals surface area contributed by atoms with E-state index in [2.05, 4.69) is 27.8 Å². The van der Waals surface area contributed by atoms with Gasteiger partial charge in [-0.2, -0.15) is 0 Å². The van der Waals surface area contributed by atoms with Crippen LogP contribution in [0.1, 0.15) is 31.2 Å². The summed E-state index contributed by atoms with van der Waals surface area (Å²) in [4.78, 5) is 16.0. The number of nitrogens with one attached hydrogen (secondary N) is 2. The molecule has 0 atom stereocenters. The lowest BCUT2D eigenvalue weighted by Gasteiger charge is -2.19. The summed E-state index contributed by atoms with van der Waals surface area (Å²) in [6.45, 7) is 2.42. The maximum absolute atomic E-state index is 11.7. The number of pyridine rings is 1. The van der Waals surface area contributed by atoms with E-state index in [4.69, 9.17) is 11.6 Å². The molecule has 0 bridgehead atoms. The Morgan fingerprint density at radius 2 is 2.04 bits per heavy atom. The highest BCUT2D eigenvalue weighted by molar-refractivity contribution is 6.30. The number of hydrogen-bond donors (Lipinski definition) is 2. The van der Waals surface area contributed by atoms with Crippen molar-refractivity contribution in [2.75, 3.05) is 20.1 Å². The van der Waals surface area contributed by atoms with Crippen LogP contribution in [0.15, 0.2) is 58.4 Å². The predicted octanol–water partition coefficient (Wildman–Crippen LogP) is 3.18. The molecule has 1 heterocycles. The van der Waals surface area contributed by atoms with Crippen LogP contribution < -0.4 is 16.2 Å². The number of aromatic nitrogens is 1. The van der Waals surface area contributed by atoms with Gasteiger partial charge in [0, 0.05) is 49.4 Å². The summed E-state index contributed by atoms with van der Waals surface area (Å²) in [5, 5.41) is 7.60. The molecule has 144 valence electrons. The van der Waals surface area contributed by atoms with Gasteiger partial charge in [-0.1, -0.05) is 29.8 Å². The molecular weight excluding hydrogens is 360 g/mol. The standard InChI is InChI=1S/C21H27ClN4O/c1-23-20(24-12-3-5-14-26-13-4-2-9-19(26)27)25-16-21(10-11-21)17-7-6-8-18(22)15-17/h2,4,6-9,13,15H,3,5,10-12,14,16H2,1H3,(H2,23,24,25). The number of hydrogen-bond acceptors (Lipinski definition) is 2. The smallest absolute Gasteiger partial charge is 0.250 e. The van der Waals surface area contributed by atoms with Crippen molar-refractivity contribution < 1.29 is 0 Å². The van der Waals surface area contributed by atoms with Gasteiger partial charge in [0.05, 0.1) is 0 Å². The molecule has 3 rings (SSSR count). The molecule has 1 aliphatic carbocycles. The predicted molar refractivity (Wildman–Crippen MR) is 112 cm³/mol. The molecule has 0 radical (unpaired) electrons. The van der Waals surface area contributed by atoms with Crippen molar-refractivity contribution in [2.45, 2.75) is 37.6 Å². The van der Waals surface area contributed by atoms with Crippen LogP contribution in [0.25, 0.3) is 0 Å². The van der Waals surface area contributed by atoms with E-state index >= 15 is 0 Å². The maximum atomic E-state index is 11.7. The summed E-state index contributed by atoms with van der Waals surface area (Å²) in [5.74, 6) is 0.820. The van der Waals surface area contributed by atoms with Crippen LogP contribution in [-0.2, 0) is 12.0 Å². The monoisotopic (exact) mass is 386 g/mol. The van der Waals surface area contributed by atoms with Gasteiger partial charge in [0.15, 0.2) is 5.96 Å². The van der Waals surface area contributed by atoms with Gasteiger partial charge >= 0.3 is 0 Å². The number of guanidine groups is 1. The minimum atomic E-state index is 0.0543. The van der Waals surface area contributed by atoms with E-state index in [0.29, 0.717) is 0 Å². The van der Waals surface area contributed by atoms with Gasteiger partial charge in [0.2, 0.25) is 5.56 Å². The van der Waals surface area contributed by atoms with Crippen molar-refractivity contribution in [3.63, 3.8) is 0 Å². The van der Waals surface area contributed by atoms with Crippen molar-refractivity contribution in [3.05, 3.63) is 69.6 Å². The Kier molecular flexibility index (Phi) is 6.56. The molecule has 1 aliphatic rings. The Morgan fingerprint density at radius 1 is 1.19 bits per heavy atom. The number of halogens is 1. The first kappa shape index (κ1) is 19.5. The average Bonchev–Trinajstić information content (AvgIpc) is 3.46. The number of aliphatic imine (C=N–C) groups is 1. The molecule has 1 aromatic heterocycles. The molecule has 0 saturated heterocycles. The van der Waals surface area contributed by atoms with Crippen molar-refractivity contribution >= 4 is 17.6 Å². The number of aryl methyl sites for hydroxylation is 1. The first-order valence-corrected chi connectivity index (χ1v) is 9.87. The number of benzene rings is 1. The highest BCUT2D eigenvalue weighted by Crippen LogP contribution is 2.48. The lowest BCUT2D eigenvalue weighted by molar-refractivity contribution is 0.582. The second kappa shape index (κ2) is 9.09. The van der Waals surface area contributed by atoms with Crippen LogP contribution in [0.3, 0.4) is 0 Å². The molecule has 6 heteroatoms. The van der Waals surface area contributed by atoms with Crippen LogP contribution >= 0.6 is 11.6 Å². The first-order valence-electron chi connectivity index (χ1n) is 9.49. The Labute approximate surface area is 165 Å². The molecule has 1 aromatic carbocycles. The number of nitrogens with zero attached hydrogens (tertiary/aromatic N) is 2. The fourth-order valence-corrected chi connectivity index (χ4v) is 3.46. The minimum Gasteiger partial charge on any atom is -0.356 e. The normalized spacial score (nSPS) is 15.4. The fourth-order valence-electron chi connectivity index (χ4n) is 3.27. The van der Waals surface area contributed by atoms with E-state index in [9.17, 15) is 4.79 Å². The summed E-state index contributed by atoms with van der Waals surface area (Å²) >= 11 is 6.14. The van der Waals surface area contributed by atoms with Gasteiger partial charge in [-0.15, -0.1) is 0 Å². The van der Waals surface area contributed by atoms with Crippen LogP contribution in [0, 0.1) is 0 Å². The van der Waals surface area contributed by atoms with Gasteiger partial charge in [-0.05, 0) is 49.4 Å².